The lowest BCUT2D eigenvalue weighted by atomic mass is 9.60. The highest BCUT2D eigenvalue weighted by Crippen LogP contribution is 2.54. The smallest absolute Gasteiger partial charge is 0.191 e. The van der Waals surface area contributed by atoms with Crippen LogP contribution in [-0.2, 0) is 14.2 Å². The summed E-state index contributed by atoms with van der Waals surface area (Å²) in [5.74, 6) is 0.919. The summed E-state index contributed by atoms with van der Waals surface area (Å²) < 4.78 is 17.3. The third-order valence-electron chi connectivity index (χ3n) is 6.36. The monoisotopic (exact) mass is 367 g/mol. The molecule has 0 aromatic carbocycles. The maximum Gasteiger partial charge on any atom is 0.191 e. The zero-order valence-electron chi connectivity index (χ0n) is 16.6. The van der Waals surface area contributed by atoms with Crippen molar-refractivity contribution in [2.45, 2.75) is 76.5 Å². The van der Waals surface area contributed by atoms with E-state index in [1.807, 2.05) is 7.05 Å². The van der Waals surface area contributed by atoms with Crippen molar-refractivity contribution in [2.75, 3.05) is 40.0 Å². The zero-order chi connectivity index (χ0) is 18.2. The van der Waals surface area contributed by atoms with Crippen molar-refractivity contribution in [3.63, 3.8) is 0 Å². The predicted molar refractivity (Wildman–Crippen MR) is 104 cm³/mol. The quantitative estimate of drug-likeness (QED) is 0.392. The first-order valence-corrected chi connectivity index (χ1v) is 10.6. The summed E-state index contributed by atoms with van der Waals surface area (Å²) in [5.41, 5.74) is 0.333. The van der Waals surface area contributed by atoms with Crippen molar-refractivity contribution >= 4 is 5.96 Å². The number of guanidine groups is 1. The molecule has 2 aliphatic carbocycles. The first kappa shape index (κ1) is 19.9. The fraction of sp³-hybridized carbons (Fsp3) is 0.950. The Labute approximate surface area is 158 Å². The first-order valence-electron chi connectivity index (χ1n) is 10.6. The average Bonchev–Trinajstić information content (AvgIpc) is 3.19. The van der Waals surface area contributed by atoms with Gasteiger partial charge in [0.05, 0.1) is 12.2 Å². The van der Waals surface area contributed by atoms with Gasteiger partial charge in [-0.15, -0.1) is 0 Å². The predicted octanol–water partition coefficient (Wildman–Crippen LogP) is 2.47. The van der Waals surface area contributed by atoms with Crippen molar-refractivity contribution in [1.82, 2.24) is 10.6 Å². The number of rotatable bonds is 8. The fourth-order valence-corrected chi connectivity index (χ4v) is 4.82. The van der Waals surface area contributed by atoms with E-state index in [1.165, 1.54) is 25.7 Å². The Kier molecular flexibility index (Phi) is 7.58. The van der Waals surface area contributed by atoms with Gasteiger partial charge < -0.3 is 24.8 Å². The van der Waals surface area contributed by atoms with Gasteiger partial charge in [-0.2, -0.15) is 0 Å². The van der Waals surface area contributed by atoms with E-state index in [2.05, 4.69) is 22.5 Å². The molecule has 1 spiro atoms. The zero-order valence-corrected chi connectivity index (χ0v) is 16.6. The topological polar surface area (TPSA) is 64.1 Å². The summed E-state index contributed by atoms with van der Waals surface area (Å²) >= 11 is 0. The van der Waals surface area contributed by atoms with Crippen LogP contribution in [0, 0.1) is 5.41 Å². The van der Waals surface area contributed by atoms with Crippen LogP contribution in [0.15, 0.2) is 4.99 Å². The van der Waals surface area contributed by atoms with Gasteiger partial charge in [0.15, 0.2) is 5.96 Å². The molecule has 3 aliphatic rings. The lowest BCUT2D eigenvalue weighted by Gasteiger charge is -2.54. The Balaban J connectivity index is 1.35. The Hall–Kier alpha value is -0.850. The van der Waals surface area contributed by atoms with Gasteiger partial charge in [-0.05, 0) is 45.4 Å². The molecule has 2 N–H and O–H groups in total. The van der Waals surface area contributed by atoms with E-state index >= 15 is 0 Å². The van der Waals surface area contributed by atoms with Crippen LogP contribution in [0.5, 0.6) is 0 Å². The molecule has 2 atom stereocenters. The van der Waals surface area contributed by atoms with Gasteiger partial charge in [0.2, 0.25) is 0 Å². The minimum atomic E-state index is 0.333. The molecule has 1 saturated heterocycles. The average molecular weight is 368 g/mol. The second-order valence-corrected chi connectivity index (χ2v) is 7.85. The molecule has 0 radical (unpaired) electrons. The second-order valence-electron chi connectivity index (χ2n) is 7.85. The molecule has 6 heteroatoms. The van der Waals surface area contributed by atoms with E-state index in [-0.39, 0.29) is 0 Å². The maximum absolute atomic E-state index is 6.01. The summed E-state index contributed by atoms with van der Waals surface area (Å²) in [6, 6.07) is 0.492. The minimum Gasteiger partial charge on any atom is -0.381 e. The maximum atomic E-state index is 6.01. The number of aliphatic imine (C=N–C) groups is 1. The third kappa shape index (κ3) is 4.70. The number of hydrogen-bond acceptors (Lipinski definition) is 4. The summed E-state index contributed by atoms with van der Waals surface area (Å²) in [6.45, 7) is 6.29. The third-order valence-corrected chi connectivity index (χ3v) is 6.36. The van der Waals surface area contributed by atoms with Crippen LogP contribution in [0.1, 0.15) is 58.3 Å². The van der Waals surface area contributed by atoms with Crippen molar-refractivity contribution in [3.05, 3.63) is 0 Å². The molecule has 150 valence electrons. The standard InChI is InChI=1S/C20H37N3O3/c1-3-25-18-15-17(20(18)9-4-5-10-20)23-19(21-2)22-11-6-12-26-16-7-13-24-14-8-16/h16-18H,3-15H2,1-2H3,(H2,21,22,23). The van der Waals surface area contributed by atoms with Gasteiger partial charge in [-0.1, -0.05) is 12.8 Å². The van der Waals surface area contributed by atoms with Crippen molar-refractivity contribution in [1.29, 1.82) is 0 Å². The highest BCUT2D eigenvalue weighted by atomic mass is 16.5. The molecule has 0 aromatic heterocycles. The summed E-state index contributed by atoms with van der Waals surface area (Å²) in [4.78, 5) is 4.42. The highest BCUT2D eigenvalue weighted by Gasteiger charge is 2.56. The SMILES string of the molecule is CCOC1CC(NC(=NC)NCCCOC2CCOCC2)C12CCCC2. The number of nitrogens with one attached hydrogen (secondary N) is 2. The van der Waals surface area contributed by atoms with Gasteiger partial charge >= 0.3 is 0 Å². The van der Waals surface area contributed by atoms with Crippen LogP contribution < -0.4 is 10.6 Å². The number of ether oxygens (including phenoxy) is 3. The Morgan fingerprint density at radius 3 is 2.65 bits per heavy atom. The molecule has 3 rings (SSSR count). The van der Waals surface area contributed by atoms with Crippen molar-refractivity contribution in [3.8, 4) is 0 Å². The summed E-state index contributed by atoms with van der Waals surface area (Å²) in [6.07, 6.45) is 10.2. The largest absolute Gasteiger partial charge is 0.381 e. The van der Waals surface area contributed by atoms with Crippen LogP contribution in [-0.4, -0.2) is 64.2 Å². The molecule has 3 fully saturated rings. The molecule has 1 aliphatic heterocycles. The van der Waals surface area contributed by atoms with Crippen LogP contribution in [0.2, 0.25) is 0 Å². The molecule has 0 bridgehead atoms. The summed E-state index contributed by atoms with van der Waals surface area (Å²) in [7, 11) is 1.86. The number of nitrogens with zero attached hydrogens (tertiary/aromatic N) is 1. The van der Waals surface area contributed by atoms with Crippen LogP contribution >= 0.6 is 0 Å². The van der Waals surface area contributed by atoms with Crippen LogP contribution in [0.4, 0.5) is 0 Å². The first-order chi connectivity index (χ1) is 12.8. The number of hydrogen-bond donors (Lipinski definition) is 2. The van der Waals surface area contributed by atoms with E-state index in [0.29, 0.717) is 23.7 Å². The molecule has 1 heterocycles. The van der Waals surface area contributed by atoms with Gasteiger partial charge in [0, 0.05) is 51.5 Å². The van der Waals surface area contributed by atoms with Crippen LogP contribution in [0.3, 0.4) is 0 Å². The molecule has 0 aromatic rings. The molecule has 6 nitrogen and oxygen atoms in total. The molecule has 26 heavy (non-hydrogen) atoms. The molecule has 2 saturated carbocycles. The minimum absolute atomic E-state index is 0.333. The Morgan fingerprint density at radius 1 is 1.19 bits per heavy atom. The summed E-state index contributed by atoms with van der Waals surface area (Å²) in [5, 5.41) is 7.12. The van der Waals surface area contributed by atoms with Gasteiger partial charge in [-0.3, -0.25) is 4.99 Å². The lowest BCUT2D eigenvalue weighted by Crippen LogP contribution is -2.65. The van der Waals surface area contributed by atoms with E-state index in [9.17, 15) is 0 Å². The molecular weight excluding hydrogens is 330 g/mol. The van der Waals surface area contributed by atoms with E-state index in [1.54, 1.807) is 0 Å². The lowest BCUT2D eigenvalue weighted by molar-refractivity contribution is -0.125. The Bertz CT molecular complexity index is 446. The molecule has 0 amide bonds. The van der Waals surface area contributed by atoms with Gasteiger partial charge in [0.1, 0.15) is 0 Å². The van der Waals surface area contributed by atoms with Gasteiger partial charge in [0.25, 0.3) is 0 Å². The van der Waals surface area contributed by atoms with Crippen molar-refractivity contribution in [2.24, 2.45) is 10.4 Å². The van der Waals surface area contributed by atoms with Crippen LogP contribution in [0.25, 0.3) is 0 Å². The van der Waals surface area contributed by atoms with E-state index in [0.717, 1.165) is 64.6 Å². The van der Waals surface area contributed by atoms with E-state index in [4.69, 9.17) is 14.2 Å². The second kappa shape index (κ2) is 9.90. The highest BCUT2D eigenvalue weighted by molar-refractivity contribution is 5.80. The Morgan fingerprint density at radius 2 is 1.96 bits per heavy atom. The normalized spacial score (nSPS) is 28.9. The molecular formula is C20H37N3O3. The van der Waals surface area contributed by atoms with E-state index < -0.39 is 0 Å². The van der Waals surface area contributed by atoms with Crippen molar-refractivity contribution < 1.29 is 14.2 Å². The molecule has 2 unspecified atom stereocenters. The fourth-order valence-electron chi connectivity index (χ4n) is 4.82. The van der Waals surface area contributed by atoms with Gasteiger partial charge in [-0.25, -0.2) is 0 Å².